The SMILES string of the molecule is CCCNCC(CC)Cc1ccsc1. The molecule has 0 aliphatic carbocycles. The average molecular weight is 211 g/mol. The van der Waals surface area contributed by atoms with Crippen molar-refractivity contribution < 1.29 is 0 Å². The van der Waals surface area contributed by atoms with Crippen molar-refractivity contribution in [2.24, 2.45) is 5.92 Å². The molecule has 0 radical (unpaired) electrons. The second-order valence-electron chi connectivity index (χ2n) is 3.81. The highest BCUT2D eigenvalue weighted by Gasteiger charge is 2.06. The summed E-state index contributed by atoms with van der Waals surface area (Å²) in [6.45, 7) is 6.82. The van der Waals surface area contributed by atoms with Crippen LogP contribution in [0.15, 0.2) is 16.8 Å². The van der Waals surface area contributed by atoms with Crippen molar-refractivity contribution in [3.05, 3.63) is 22.4 Å². The van der Waals surface area contributed by atoms with E-state index < -0.39 is 0 Å². The molecule has 0 amide bonds. The normalized spacial score (nSPS) is 13.0. The van der Waals surface area contributed by atoms with Crippen molar-refractivity contribution in [2.75, 3.05) is 13.1 Å². The monoisotopic (exact) mass is 211 g/mol. The first-order chi connectivity index (χ1) is 6.86. The predicted octanol–water partition coefficient (Wildman–Crippen LogP) is 3.32. The summed E-state index contributed by atoms with van der Waals surface area (Å²) in [5, 5.41) is 7.94. The minimum atomic E-state index is 0.802. The van der Waals surface area contributed by atoms with E-state index in [-0.39, 0.29) is 0 Å². The summed E-state index contributed by atoms with van der Waals surface area (Å²) in [6.07, 6.45) is 3.73. The van der Waals surface area contributed by atoms with E-state index in [9.17, 15) is 0 Å². The third kappa shape index (κ3) is 4.25. The lowest BCUT2D eigenvalue weighted by atomic mass is 9.99. The molecule has 14 heavy (non-hydrogen) atoms. The fraction of sp³-hybridized carbons (Fsp3) is 0.667. The third-order valence-electron chi connectivity index (χ3n) is 2.54. The second kappa shape index (κ2) is 7.02. The molecule has 1 N–H and O–H groups in total. The molecule has 1 aromatic heterocycles. The summed E-state index contributed by atoms with van der Waals surface area (Å²) < 4.78 is 0. The first kappa shape index (κ1) is 11.7. The Bertz CT molecular complexity index is 218. The van der Waals surface area contributed by atoms with E-state index >= 15 is 0 Å². The van der Waals surface area contributed by atoms with Gasteiger partial charge in [-0.15, -0.1) is 0 Å². The molecule has 80 valence electrons. The molecule has 0 bridgehead atoms. The molecule has 1 atom stereocenters. The van der Waals surface area contributed by atoms with Crippen molar-refractivity contribution in [2.45, 2.75) is 33.1 Å². The molecule has 0 fully saturated rings. The van der Waals surface area contributed by atoms with Crippen LogP contribution in [0.3, 0.4) is 0 Å². The number of nitrogens with one attached hydrogen (secondary N) is 1. The zero-order valence-corrected chi connectivity index (χ0v) is 10.1. The Kier molecular flexibility index (Phi) is 5.88. The summed E-state index contributed by atoms with van der Waals surface area (Å²) in [7, 11) is 0. The molecule has 2 heteroatoms. The summed E-state index contributed by atoms with van der Waals surface area (Å²) >= 11 is 1.80. The largest absolute Gasteiger partial charge is 0.316 e. The van der Waals surface area contributed by atoms with Crippen LogP contribution in [0.1, 0.15) is 32.3 Å². The zero-order chi connectivity index (χ0) is 10.2. The lowest BCUT2D eigenvalue weighted by Gasteiger charge is -2.14. The standard InChI is InChI=1S/C12H21NS/c1-3-6-13-9-11(4-2)8-12-5-7-14-10-12/h5,7,10-11,13H,3-4,6,8-9H2,1-2H3. The van der Waals surface area contributed by atoms with Crippen molar-refractivity contribution in [1.82, 2.24) is 5.32 Å². The smallest absolute Gasteiger partial charge is 0.00174 e. The maximum Gasteiger partial charge on any atom is -0.00174 e. The van der Waals surface area contributed by atoms with Crippen molar-refractivity contribution in [3.63, 3.8) is 0 Å². The molecule has 0 aliphatic heterocycles. The summed E-state index contributed by atoms with van der Waals surface area (Å²) in [6, 6.07) is 2.24. The number of thiophene rings is 1. The lowest BCUT2D eigenvalue weighted by Crippen LogP contribution is -2.24. The maximum atomic E-state index is 3.50. The van der Waals surface area contributed by atoms with Gasteiger partial charge in [0.2, 0.25) is 0 Å². The Labute approximate surface area is 91.5 Å². The van der Waals surface area contributed by atoms with Gasteiger partial charge in [0.15, 0.2) is 0 Å². The highest BCUT2D eigenvalue weighted by atomic mass is 32.1. The molecule has 0 aliphatic rings. The highest BCUT2D eigenvalue weighted by Crippen LogP contribution is 2.14. The highest BCUT2D eigenvalue weighted by molar-refractivity contribution is 7.07. The van der Waals surface area contributed by atoms with Crippen LogP contribution in [0.2, 0.25) is 0 Å². The van der Waals surface area contributed by atoms with Gasteiger partial charge in [-0.25, -0.2) is 0 Å². The van der Waals surface area contributed by atoms with Crippen LogP contribution in [-0.2, 0) is 6.42 Å². The quantitative estimate of drug-likeness (QED) is 0.682. The van der Waals surface area contributed by atoms with Gasteiger partial charge in [0.05, 0.1) is 0 Å². The lowest BCUT2D eigenvalue weighted by molar-refractivity contribution is 0.461. The summed E-state index contributed by atoms with van der Waals surface area (Å²) in [5.41, 5.74) is 1.50. The van der Waals surface area contributed by atoms with Crippen molar-refractivity contribution >= 4 is 11.3 Å². The minimum Gasteiger partial charge on any atom is -0.316 e. The first-order valence-corrected chi connectivity index (χ1v) is 6.52. The van der Waals surface area contributed by atoms with Gasteiger partial charge in [0.1, 0.15) is 0 Å². The van der Waals surface area contributed by atoms with Gasteiger partial charge in [-0.2, -0.15) is 11.3 Å². The molecule has 1 nitrogen and oxygen atoms in total. The zero-order valence-electron chi connectivity index (χ0n) is 9.25. The third-order valence-corrected chi connectivity index (χ3v) is 3.27. The van der Waals surface area contributed by atoms with E-state index in [2.05, 4.69) is 36.0 Å². The summed E-state index contributed by atoms with van der Waals surface area (Å²) in [4.78, 5) is 0. The Morgan fingerprint density at radius 1 is 1.43 bits per heavy atom. The average Bonchev–Trinajstić information content (AvgIpc) is 2.69. The molecule has 0 aromatic carbocycles. The van der Waals surface area contributed by atoms with E-state index in [1.54, 1.807) is 11.3 Å². The van der Waals surface area contributed by atoms with Gasteiger partial charge in [-0.1, -0.05) is 20.3 Å². The Hall–Kier alpha value is -0.340. The van der Waals surface area contributed by atoms with Gasteiger partial charge >= 0.3 is 0 Å². The van der Waals surface area contributed by atoms with Crippen LogP contribution in [0.4, 0.5) is 0 Å². The molecule has 1 heterocycles. The van der Waals surface area contributed by atoms with E-state index in [4.69, 9.17) is 0 Å². The van der Waals surface area contributed by atoms with Gasteiger partial charge in [0.25, 0.3) is 0 Å². The minimum absolute atomic E-state index is 0.802. The molecule has 1 rings (SSSR count). The van der Waals surface area contributed by atoms with Crippen LogP contribution < -0.4 is 5.32 Å². The molecule has 1 aromatic rings. The van der Waals surface area contributed by atoms with E-state index in [1.165, 1.54) is 31.4 Å². The van der Waals surface area contributed by atoms with Crippen LogP contribution in [0.5, 0.6) is 0 Å². The van der Waals surface area contributed by atoms with E-state index in [0.717, 1.165) is 12.5 Å². The van der Waals surface area contributed by atoms with E-state index in [1.807, 2.05) is 0 Å². The Balaban J connectivity index is 2.24. The molecule has 1 unspecified atom stereocenters. The van der Waals surface area contributed by atoms with Crippen LogP contribution in [-0.4, -0.2) is 13.1 Å². The van der Waals surface area contributed by atoms with E-state index in [0.29, 0.717) is 0 Å². The summed E-state index contributed by atoms with van der Waals surface area (Å²) in [5.74, 6) is 0.802. The van der Waals surface area contributed by atoms with Crippen molar-refractivity contribution in [1.29, 1.82) is 0 Å². The topological polar surface area (TPSA) is 12.0 Å². The molecule has 0 spiro atoms. The van der Waals surface area contributed by atoms with Crippen LogP contribution >= 0.6 is 11.3 Å². The Morgan fingerprint density at radius 3 is 2.86 bits per heavy atom. The van der Waals surface area contributed by atoms with Gasteiger partial charge in [-0.05, 0) is 54.2 Å². The van der Waals surface area contributed by atoms with Crippen LogP contribution in [0.25, 0.3) is 0 Å². The number of hydrogen-bond donors (Lipinski definition) is 1. The fourth-order valence-electron chi connectivity index (χ4n) is 1.59. The number of rotatable bonds is 7. The predicted molar refractivity (Wildman–Crippen MR) is 65.0 cm³/mol. The number of hydrogen-bond acceptors (Lipinski definition) is 2. The van der Waals surface area contributed by atoms with Gasteiger partial charge in [0, 0.05) is 0 Å². The molecule has 0 saturated heterocycles. The molecular formula is C12H21NS. The first-order valence-electron chi connectivity index (χ1n) is 5.58. The van der Waals surface area contributed by atoms with Crippen molar-refractivity contribution in [3.8, 4) is 0 Å². The van der Waals surface area contributed by atoms with Gasteiger partial charge < -0.3 is 5.32 Å². The molecule has 0 saturated carbocycles. The Morgan fingerprint density at radius 2 is 2.29 bits per heavy atom. The maximum absolute atomic E-state index is 3.50. The van der Waals surface area contributed by atoms with Gasteiger partial charge in [-0.3, -0.25) is 0 Å². The van der Waals surface area contributed by atoms with Crippen LogP contribution in [0, 0.1) is 5.92 Å². The molecular weight excluding hydrogens is 190 g/mol. The second-order valence-corrected chi connectivity index (χ2v) is 4.59. The fourth-order valence-corrected chi connectivity index (χ4v) is 2.27.